The molecular weight excluding hydrogens is 304 g/mol. The number of hydrogen-bond acceptors (Lipinski definition) is 4. The minimum Gasteiger partial charge on any atom is -0.472 e. The van der Waals surface area contributed by atoms with Crippen molar-refractivity contribution in [2.24, 2.45) is 10.2 Å². The van der Waals surface area contributed by atoms with Gasteiger partial charge in [-0.15, -0.1) is 5.11 Å². The molecule has 3 nitrogen and oxygen atoms in total. The minimum absolute atomic E-state index is 0.480. The summed E-state index contributed by atoms with van der Waals surface area (Å²) >= 11 is 7.60. The number of halogens is 1. The van der Waals surface area contributed by atoms with Crippen LogP contribution >= 0.6 is 22.9 Å². The summed E-state index contributed by atoms with van der Waals surface area (Å²) in [6, 6.07) is 9.65. The Morgan fingerprint density at radius 1 is 1.29 bits per heavy atom. The highest BCUT2D eigenvalue weighted by Gasteiger charge is 2.11. The number of nitrogens with zero attached hydrogens (tertiary/aromatic N) is 2. The summed E-state index contributed by atoms with van der Waals surface area (Å²) in [4.78, 5) is 0. The molecule has 21 heavy (non-hydrogen) atoms. The number of thiophene rings is 1. The van der Waals surface area contributed by atoms with Gasteiger partial charge in [-0.25, -0.2) is 0 Å². The molecule has 1 aliphatic rings. The lowest BCUT2D eigenvalue weighted by molar-refractivity contribution is 0.239. The van der Waals surface area contributed by atoms with E-state index in [1.165, 1.54) is 0 Å². The van der Waals surface area contributed by atoms with Gasteiger partial charge in [0, 0.05) is 10.6 Å². The molecule has 1 aromatic heterocycles. The molecule has 1 aromatic carbocycles. The lowest BCUT2D eigenvalue weighted by atomic mass is 10.1. The van der Waals surface area contributed by atoms with Crippen LogP contribution in [-0.4, -0.2) is 6.61 Å². The van der Waals surface area contributed by atoms with Gasteiger partial charge in [-0.05, 0) is 52.2 Å². The molecule has 0 N–H and O–H groups in total. The van der Waals surface area contributed by atoms with Crippen molar-refractivity contribution in [3.8, 4) is 0 Å². The average Bonchev–Trinajstić information content (AvgIpc) is 3.02. The quantitative estimate of drug-likeness (QED) is 0.704. The van der Waals surface area contributed by atoms with E-state index in [1.807, 2.05) is 47.9 Å². The maximum Gasteiger partial charge on any atom is 0.241 e. The fourth-order valence-corrected chi connectivity index (χ4v) is 2.85. The zero-order valence-corrected chi connectivity index (χ0v) is 12.8. The smallest absolute Gasteiger partial charge is 0.241 e. The summed E-state index contributed by atoms with van der Waals surface area (Å²) in [6.45, 7) is 1.01. The molecule has 0 amide bonds. The van der Waals surface area contributed by atoms with Crippen molar-refractivity contribution in [1.29, 1.82) is 0 Å². The topological polar surface area (TPSA) is 34.0 Å². The maximum absolute atomic E-state index is 5.95. The Kier molecular flexibility index (Phi) is 4.48. The molecule has 0 fully saturated rings. The summed E-state index contributed by atoms with van der Waals surface area (Å²) in [6.07, 6.45) is 4.00. The minimum atomic E-state index is 0.480. The summed E-state index contributed by atoms with van der Waals surface area (Å²) in [5.74, 6) is 0.568. The van der Waals surface area contributed by atoms with Gasteiger partial charge in [-0.3, -0.25) is 0 Å². The zero-order valence-electron chi connectivity index (χ0n) is 11.2. The van der Waals surface area contributed by atoms with Crippen molar-refractivity contribution in [2.75, 3.05) is 6.61 Å². The second-order valence-electron chi connectivity index (χ2n) is 4.47. The average molecular weight is 317 g/mol. The first-order valence-electron chi connectivity index (χ1n) is 6.51. The predicted octanol–water partition coefficient (Wildman–Crippen LogP) is 5.31. The number of rotatable bonds is 4. The standard InChI is InChI=1S/C16H13ClN2OS/c17-14-4-1-3-12(9-14)10-18-19-16-15(5-2-7-20-16)13-6-8-21-11-13/h1-6,8-9,11H,7,10H2. The van der Waals surface area contributed by atoms with Gasteiger partial charge in [-0.2, -0.15) is 16.5 Å². The molecule has 2 aromatic rings. The second-order valence-corrected chi connectivity index (χ2v) is 5.69. The molecular formula is C16H13ClN2OS. The number of ether oxygens (including phenoxy) is 1. The number of hydrogen-bond donors (Lipinski definition) is 0. The first kappa shape index (κ1) is 14.0. The monoisotopic (exact) mass is 316 g/mol. The Morgan fingerprint density at radius 3 is 3.05 bits per heavy atom. The molecule has 0 saturated carbocycles. The van der Waals surface area contributed by atoms with E-state index in [4.69, 9.17) is 16.3 Å². The van der Waals surface area contributed by atoms with Crippen molar-refractivity contribution in [1.82, 2.24) is 0 Å². The first-order valence-corrected chi connectivity index (χ1v) is 7.83. The van der Waals surface area contributed by atoms with Crippen LogP contribution in [0.2, 0.25) is 5.02 Å². The SMILES string of the molecule is Clc1cccc(CN=NC2=C(c3ccsc3)C=CCO2)c1. The predicted molar refractivity (Wildman–Crippen MR) is 86.3 cm³/mol. The highest BCUT2D eigenvalue weighted by Crippen LogP contribution is 2.27. The fourth-order valence-electron chi connectivity index (χ4n) is 1.98. The summed E-state index contributed by atoms with van der Waals surface area (Å²) in [5.41, 5.74) is 3.10. The number of azo groups is 1. The van der Waals surface area contributed by atoms with Crippen LogP contribution in [0.15, 0.2) is 69.4 Å². The van der Waals surface area contributed by atoms with Gasteiger partial charge in [0.05, 0.1) is 6.54 Å². The van der Waals surface area contributed by atoms with Crippen LogP contribution in [0.25, 0.3) is 5.57 Å². The largest absolute Gasteiger partial charge is 0.472 e. The first-order chi connectivity index (χ1) is 10.3. The van der Waals surface area contributed by atoms with Gasteiger partial charge >= 0.3 is 0 Å². The van der Waals surface area contributed by atoms with Crippen LogP contribution in [0.3, 0.4) is 0 Å². The molecule has 3 rings (SSSR count). The number of allylic oxidation sites excluding steroid dienone is 2. The molecule has 0 saturated heterocycles. The molecule has 0 spiro atoms. The molecule has 0 unspecified atom stereocenters. The van der Waals surface area contributed by atoms with Crippen LogP contribution in [-0.2, 0) is 11.3 Å². The van der Waals surface area contributed by atoms with E-state index in [1.54, 1.807) is 11.3 Å². The van der Waals surface area contributed by atoms with Crippen molar-refractivity contribution in [2.45, 2.75) is 6.54 Å². The Bertz CT molecular complexity index is 705. The van der Waals surface area contributed by atoms with Crippen LogP contribution in [0.5, 0.6) is 0 Å². The molecule has 0 aliphatic carbocycles. The normalized spacial score (nSPS) is 14.7. The Hall–Kier alpha value is -1.91. The van der Waals surface area contributed by atoms with E-state index in [0.717, 1.165) is 16.7 Å². The summed E-state index contributed by atoms with van der Waals surface area (Å²) in [7, 11) is 0. The lowest BCUT2D eigenvalue weighted by Crippen LogP contribution is -1.99. The van der Waals surface area contributed by atoms with Crippen LogP contribution < -0.4 is 0 Å². The van der Waals surface area contributed by atoms with Crippen molar-refractivity contribution < 1.29 is 4.74 Å². The van der Waals surface area contributed by atoms with E-state index >= 15 is 0 Å². The molecule has 0 atom stereocenters. The fraction of sp³-hybridized carbons (Fsp3) is 0.125. The third-order valence-electron chi connectivity index (χ3n) is 2.97. The van der Waals surface area contributed by atoms with Gasteiger partial charge in [0.1, 0.15) is 6.61 Å². The molecule has 1 aliphatic heterocycles. The second kappa shape index (κ2) is 6.70. The highest BCUT2D eigenvalue weighted by atomic mass is 35.5. The molecule has 0 bridgehead atoms. The lowest BCUT2D eigenvalue weighted by Gasteiger charge is -2.11. The van der Waals surface area contributed by atoms with Gasteiger partial charge in [0.2, 0.25) is 5.88 Å². The van der Waals surface area contributed by atoms with Crippen LogP contribution in [0, 0.1) is 0 Å². The number of benzene rings is 1. The van der Waals surface area contributed by atoms with E-state index in [0.29, 0.717) is 24.1 Å². The molecule has 0 radical (unpaired) electrons. The third kappa shape index (κ3) is 3.60. The van der Waals surface area contributed by atoms with Gasteiger partial charge in [-0.1, -0.05) is 23.7 Å². The Labute approximate surface area is 132 Å². The maximum atomic E-state index is 5.95. The van der Waals surface area contributed by atoms with Crippen molar-refractivity contribution >= 4 is 28.5 Å². The van der Waals surface area contributed by atoms with Gasteiger partial charge in [0.25, 0.3) is 0 Å². The highest BCUT2D eigenvalue weighted by molar-refractivity contribution is 7.08. The summed E-state index contributed by atoms with van der Waals surface area (Å²) < 4.78 is 5.59. The van der Waals surface area contributed by atoms with Gasteiger partial charge < -0.3 is 4.74 Å². The van der Waals surface area contributed by atoms with Crippen LogP contribution in [0.1, 0.15) is 11.1 Å². The van der Waals surface area contributed by atoms with E-state index < -0.39 is 0 Å². The van der Waals surface area contributed by atoms with E-state index in [9.17, 15) is 0 Å². The van der Waals surface area contributed by atoms with Crippen LogP contribution in [0.4, 0.5) is 0 Å². The zero-order chi connectivity index (χ0) is 14.5. The summed E-state index contributed by atoms with van der Waals surface area (Å²) in [5, 5.41) is 13.3. The molecule has 106 valence electrons. The van der Waals surface area contributed by atoms with Crippen molar-refractivity contribution in [3.05, 3.63) is 75.3 Å². The molecule has 2 heterocycles. The van der Waals surface area contributed by atoms with Gasteiger partial charge in [0.15, 0.2) is 0 Å². The molecule has 5 heteroatoms. The van der Waals surface area contributed by atoms with E-state index in [-0.39, 0.29) is 0 Å². The van der Waals surface area contributed by atoms with E-state index in [2.05, 4.69) is 15.6 Å². The Balaban J connectivity index is 1.78. The Morgan fingerprint density at radius 2 is 2.24 bits per heavy atom. The van der Waals surface area contributed by atoms with Crippen molar-refractivity contribution in [3.63, 3.8) is 0 Å². The third-order valence-corrected chi connectivity index (χ3v) is 3.89.